The SMILES string of the molecule is Cc1c(-c2ccccc2Cl)n(C[C@@H]2CCCN(C(=O)OC(C)(C)C)C2)c2nc(NCc3ccc(F)c(F)c3)ncc12. The summed E-state index contributed by atoms with van der Waals surface area (Å²) in [5, 5.41) is 4.65. The van der Waals surface area contributed by atoms with Gasteiger partial charge in [-0.2, -0.15) is 4.98 Å². The number of aromatic nitrogens is 3. The van der Waals surface area contributed by atoms with Crippen LogP contribution in [0.1, 0.15) is 44.7 Å². The second kappa shape index (κ2) is 11.6. The molecule has 4 aromatic rings. The van der Waals surface area contributed by atoms with Crippen molar-refractivity contribution >= 4 is 34.7 Å². The molecule has 7 nitrogen and oxygen atoms in total. The number of aryl methyl sites for hydroxylation is 1. The number of rotatable bonds is 6. The summed E-state index contributed by atoms with van der Waals surface area (Å²) in [6, 6.07) is 11.5. The molecule has 1 atom stereocenters. The molecule has 2 aromatic heterocycles. The van der Waals surface area contributed by atoms with E-state index in [-0.39, 0.29) is 18.6 Å². The first-order chi connectivity index (χ1) is 19.5. The molecule has 0 unspecified atom stereocenters. The number of benzene rings is 2. The van der Waals surface area contributed by atoms with Gasteiger partial charge in [0, 0.05) is 48.3 Å². The molecule has 1 aliphatic rings. The molecule has 0 radical (unpaired) electrons. The Bertz CT molecular complexity index is 1580. The highest BCUT2D eigenvalue weighted by Crippen LogP contribution is 2.37. The summed E-state index contributed by atoms with van der Waals surface area (Å²) in [6.07, 6.45) is 3.30. The van der Waals surface area contributed by atoms with E-state index < -0.39 is 17.2 Å². The fourth-order valence-corrected chi connectivity index (χ4v) is 5.56. The number of nitrogens with one attached hydrogen (secondary N) is 1. The first-order valence-electron chi connectivity index (χ1n) is 13.8. The van der Waals surface area contributed by atoms with Crippen LogP contribution in [-0.4, -0.2) is 44.2 Å². The maximum Gasteiger partial charge on any atom is 0.410 e. The molecule has 216 valence electrons. The number of likely N-dealkylation sites (tertiary alicyclic amines) is 1. The predicted molar refractivity (Wildman–Crippen MR) is 157 cm³/mol. The van der Waals surface area contributed by atoms with Crippen LogP contribution in [0, 0.1) is 24.5 Å². The lowest BCUT2D eigenvalue weighted by Crippen LogP contribution is -2.43. The molecule has 1 amide bonds. The third-order valence-electron chi connectivity index (χ3n) is 7.23. The van der Waals surface area contributed by atoms with Crippen molar-refractivity contribution in [2.75, 3.05) is 18.4 Å². The average Bonchev–Trinajstić information content (AvgIpc) is 3.19. The Morgan fingerprint density at radius 2 is 1.95 bits per heavy atom. The van der Waals surface area contributed by atoms with Gasteiger partial charge in [0.15, 0.2) is 11.6 Å². The van der Waals surface area contributed by atoms with Gasteiger partial charge >= 0.3 is 6.09 Å². The lowest BCUT2D eigenvalue weighted by molar-refractivity contribution is 0.0158. The molecule has 3 heterocycles. The zero-order chi connectivity index (χ0) is 29.3. The Morgan fingerprint density at radius 1 is 1.17 bits per heavy atom. The maximum atomic E-state index is 13.7. The molecule has 0 saturated carbocycles. The number of fused-ring (bicyclic) bond motifs is 1. The Labute approximate surface area is 243 Å². The van der Waals surface area contributed by atoms with Crippen LogP contribution in [-0.2, 0) is 17.8 Å². The van der Waals surface area contributed by atoms with E-state index in [2.05, 4.69) is 14.9 Å². The third kappa shape index (κ3) is 6.45. The van der Waals surface area contributed by atoms with Crippen molar-refractivity contribution in [1.29, 1.82) is 0 Å². The fraction of sp³-hybridized carbons (Fsp3) is 0.387. The standard InChI is InChI=1S/C31H34ClF2N5O2/c1-19-23-16-36-29(35-15-20-11-12-25(33)26(34)14-20)37-28(23)39(27(19)22-9-5-6-10-24(22)32)18-21-8-7-13-38(17-21)30(40)41-31(2,3)4/h5-6,9-12,14,16,21H,7-8,13,15,17-18H2,1-4H3,(H,35,36,37)/t21-/m1/s1. The van der Waals surface area contributed by atoms with Gasteiger partial charge in [0.2, 0.25) is 5.95 Å². The molecule has 10 heteroatoms. The molecular formula is C31H34ClF2N5O2. The normalized spacial score (nSPS) is 15.8. The number of nitrogens with zero attached hydrogens (tertiary/aromatic N) is 4. The van der Waals surface area contributed by atoms with Crippen molar-refractivity contribution in [3.05, 3.63) is 76.4 Å². The number of ether oxygens (including phenoxy) is 1. The van der Waals surface area contributed by atoms with Crippen LogP contribution >= 0.6 is 11.6 Å². The second-order valence-corrected chi connectivity index (χ2v) is 11.9. The van der Waals surface area contributed by atoms with Gasteiger partial charge < -0.3 is 19.5 Å². The highest BCUT2D eigenvalue weighted by Gasteiger charge is 2.29. The monoisotopic (exact) mass is 581 g/mol. The van der Waals surface area contributed by atoms with Gasteiger partial charge in [0.1, 0.15) is 11.2 Å². The summed E-state index contributed by atoms with van der Waals surface area (Å²) in [5.74, 6) is -1.26. The van der Waals surface area contributed by atoms with E-state index in [1.165, 1.54) is 6.07 Å². The average molecular weight is 582 g/mol. The summed E-state index contributed by atoms with van der Waals surface area (Å²) in [4.78, 5) is 24.0. The Balaban J connectivity index is 1.49. The van der Waals surface area contributed by atoms with Gasteiger partial charge in [-0.1, -0.05) is 35.9 Å². The van der Waals surface area contributed by atoms with Crippen LogP contribution < -0.4 is 5.32 Å². The number of carbonyl (C=O) groups excluding carboxylic acids is 1. The zero-order valence-corrected chi connectivity index (χ0v) is 24.4. The first-order valence-corrected chi connectivity index (χ1v) is 14.1. The van der Waals surface area contributed by atoms with Crippen molar-refractivity contribution in [2.45, 2.75) is 59.2 Å². The minimum Gasteiger partial charge on any atom is -0.444 e. The molecule has 1 fully saturated rings. The van der Waals surface area contributed by atoms with Crippen molar-refractivity contribution in [3.8, 4) is 11.3 Å². The van der Waals surface area contributed by atoms with E-state index >= 15 is 0 Å². The molecule has 0 spiro atoms. The molecule has 0 bridgehead atoms. The number of amides is 1. The van der Waals surface area contributed by atoms with E-state index in [0.717, 1.165) is 52.8 Å². The molecule has 1 aliphatic heterocycles. The van der Waals surface area contributed by atoms with Gasteiger partial charge in [-0.25, -0.2) is 18.6 Å². The number of carbonyl (C=O) groups is 1. The van der Waals surface area contributed by atoms with Gasteiger partial charge in [-0.3, -0.25) is 0 Å². The molecule has 1 saturated heterocycles. The predicted octanol–water partition coefficient (Wildman–Crippen LogP) is 7.60. The Kier molecular flexibility index (Phi) is 8.18. The highest BCUT2D eigenvalue weighted by molar-refractivity contribution is 6.33. The fourth-order valence-electron chi connectivity index (χ4n) is 5.34. The van der Waals surface area contributed by atoms with Gasteiger partial charge in [-0.15, -0.1) is 0 Å². The van der Waals surface area contributed by atoms with Gasteiger partial charge in [0.25, 0.3) is 0 Å². The second-order valence-electron chi connectivity index (χ2n) is 11.5. The van der Waals surface area contributed by atoms with Crippen molar-refractivity contribution in [1.82, 2.24) is 19.4 Å². The number of anilines is 1. The molecule has 5 rings (SSSR count). The smallest absolute Gasteiger partial charge is 0.410 e. The quantitative estimate of drug-likeness (QED) is 0.254. The van der Waals surface area contributed by atoms with Crippen LogP contribution in [0.2, 0.25) is 5.02 Å². The number of hydrogen-bond donors (Lipinski definition) is 1. The van der Waals surface area contributed by atoms with E-state index in [9.17, 15) is 13.6 Å². The summed E-state index contributed by atoms with van der Waals surface area (Å²) >= 11 is 6.68. The van der Waals surface area contributed by atoms with Crippen molar-refractivity contribution in [3.63, 3.8) is 0 Å². The topological polar surface area (TPSA) is 72.3 Å². The highest BCUT2D eigenvalue weighted by atomic mass is 35.5. The number of halogens is 3. The minimum absolute atomic E-state index is 0.168. The first kappa shape index (κ1) is 28.8. The third-order valence-corrected chi connectivity index (χ3v) is 7.56. The van der Waals surface area contributed by atoms with Crippen LogP contribution in [0.4, 0.5) is 19.5 Å². The molecule has 41 heavy (non-hydrogen) atoms. The molecule has 1 N–H and O–H groups in total. The zero-order valence-electron chi connectivity index (χ0n) is 23.7. The van der Waals surface area contributed by atoms with Gasteiger partial charge in [0.05, 0.1) is 5.69 Å². The van der Waals surface area contributed by atoms with Crippen molar-refractivity contribution in [2.24, 2.45) is 5.92 Å². The van der Waals surface area contributed by atoms with E-state index in [1.54, 1.807) is 11.1 Å². The summed E-state index contributed by atoms with van der Waals surface area (Å²) in [6.45, 7) is 9.72. The number of hydrogen-bond acceptors (Lipinski definition) is 5. The lowest BCUT2D eigenvalue weighted by atomic mass is 9.97. The van der Waals surface area contributed by atoms with Crippen LogP contribution in [0.15, 0.2) is 48.7 Å². The largest absolute Gasteiger partial charge is 0.444 e. The summed E-state index contributed by atoms with van der Waals surface area (Å²) in [7, 11) is 0. The Hall–Kier alpha value is -3.72. The van der Waals surface area contributed by atoms with Gasteiger partial charge in [-0.05, 0) is 75.8 Å². The lowest BCUT2D eigenvalue weighted by Gasteiger charge is -2.34. The minimum atomic E-state index is -0.900. The summed E-state index contributed by atoms with van der Waals surface area (Å²) in [5.41, 5.74) is 3.58. The molecule has 2 aromatic carbocycles. The van der Waals surface area contributed by atoms with Crippen LogP contribution in [0.5, 0.6) is 0 Å². The molecular weight excluding hydrogens is 548 g/mol. The Morgan fingerprint density at radius 3 is 2.68 bits per heavy atom. The van der Waals surface area contributed by atoms with Crippen LogP contribution in [0.3, 0.4) is 0 Å². The maximum absolute atomic E-state index is 13.7. The van der Waals surface area contributed by atoms with E-state index in [1.807, 2.05) is 52.0 Å². The van der Waals surface area contributed by atoms with Crippen molar-refractivity contribution < 1.29 is 18.3 Å². The molecule has 0 aliphatic carbocycles. The van der Waals surface area contributed by atoms with Crippen LogP contribution in [0.25, 0.3) is 22.3 Å². The van der Waals surface area contributed by atoms with E-state index in [0.29, 0.717) is 36.2 Å². The van der Waals surface area contributed by atoms with E-state index in [4.69, 9.17) is 21.3 Å². The summed E-state index contributed by atoms with van der Waals surface area (Å²) < 4.78 is 34.9. The number of piperidine rings is 1.